The van der Waals surface area contributed by atoms with E-state index in [-0.39, 0.29) is 30.1 Å². The minimum atomic E-state index is -0.0828. The van der Waals surface area contributed by atoms with Crippen LogP contribution in [-0.4, -0.2) is 58.9 Å². The molecule has 1 fully saturated rings. The van der Waals surface area contributed by atoms with Gasteiger partial charge in [-0.25, -0.2) is 14.0 Å². The summed E-state index contributed by atoms with van der Waals surface area (Å²) in [5.74, 6) is 0.778. The molecule has 0 radical (unpaired) electrons. The smallest absolute Gasteiger partial charge is 0.255 e. The molecule has 1 aliphatic rings. The van der Waals surface area contributed by atoms with Crippen molar-refractivity contribution in [3.63, 3.8) is 0 Å². The average Bonchev–Trinajstić information content (AvgIpc) is 3.43. The van der Waals surface area contributed by atoms with Crippen molar-refractivity contribution in [1.82, 2.24) is 33.7 Å². The number of hydrogen-bond donors (Lipinski definition) is 0. The first-order valence-electron chi connectivity index (χ1n) is 12.1. The third kappa shape index (κ3) is 3.96. The lowest BCUT2D eigenvalue weighted by molar-refractivity contribution is 0.103. The van der Waals surface area contributed by atoms with E-state index in [0.717, 1.165) is 42.4 Å². The number of piperazine rings is 1. The molecule has 182 valence electrons. The van der Waals surface area contributed by atoms with E-state index in [2.05, 4.69) is 52.9 Å². The second kappa shape index (κ2) is 8.82. The van der Waals surface area contributed by atoms with Crippen LogP contribution in [0.3, 0.4) is 0 Å². The van der Waals surface area contributed by atoms with E-state index >= 15 is 0 Å². The Morgan fingerprint density at radius 2 is 2.03 bits per heavy atom. The molecule has 0 bridgehead atoms. The van der Waals surface area contributed by atoms with Gasteiger partial charge in [0, 0.05) is 62.7 Å². The zero-order chi connectivity index (χ0) is 24.9. The SMILES string of the molecule is CC[C@@H]1CN(c2cc(=O)n(C)c3cc(CC#N)nn23)[C@@H](C)CN1[C@@H](C)c1ccn2nc(C)cc2n1. The van der Waals surface area contributed by atoms with Crippen molar-refractivity contribution in [3.05, 3.63) is 57.9 Å². The van der Waals surface area contributed by atoms with Gasteiger partial charge in [-0.2, -0.15) is 15.5 Å². The standard InChI is InChI=1S/C25H31N9O/c1-6-20-15-31(24-13-25(35)30(5)23-12-19(7-9-26)29-34(23)24)17(3)14-32(20)18(4)21-8-10-33-22(27-21)11-16(2)28-33/h8,10-13,17-18,20H,6-7,14-15H2,1-5H3/t17-,18-,20+/m0/s1. The van der Waals surface area contributed by atoms with Gasteiger partial charge >= 0.3 is 0 Å². The van der Waals surface area contributed by atoms with E-state index in [1.165, 1.54) is 0 Å². The summed E-state index contributed by atoms with van der Waals surface area (Å²) in [5, 5.41) is 18.2. The maximum absolute atomic E-state index is 12.8. The van der Waals surface area contributed by atoms with Crippen molar-refractivity contribution in [2.24, 2.45) is 7.05 Å². The van der Waals surface area contributed by atoms with Crippen LogP contribution in [0.1, 0.15) is 50.3 Å². The Labute approximate surface area is 204 Å². The summed E-state index contributed by atoms with van der Waals surface area (Å²) in [5.41, 5.74) is 4.12. The zero-order valence-corrected chi connectivity index (χ0v) is 20.9. The number of nitrogens with zero attached hydrogens (tertiary/aromatic N) is 9. The van der Waals surface area contributed by atoms with Crippen LogP contribution in [0, 0.1) is 18.3 Å². The fourth-order valence-electron chi connectivity index (χ4n) is 5.22. The van der Waals surface area contributed by atoms with Crippen LogP contribution in [-0.2, 0) is 13.5 Å². The molecule has 5 rings (SSSR count). The zero-order valence-electron chi connectivity index (χ0n) is 20.9. The molecule has 0 aliphatic carbocycles. The summed E-state index contributed by atoms with van der Waals surface area (Å²) < 4.78 is 5.21. The molecule has 0 unspecified atom stereocenters. The van der Waals surface area contributed by atoms with Crippen LogP contribution in [0.2, 0.25) is 0 Å². The van der Waals surface area contributed by atoms with Gasteiger partial charge in [0.05, 0.1) is 29.6 Å². The lowest BCUT2D eigenvalue weighted by atomic mass is 10.0. The molecule has 4 aromatic rings. The minimum Gasteiger partial charge on any atom is -0.351 e. The van der Waals surface area contributed by atoms with Gasteiger partial charge < -0.3 is 4.90 Å². The monoisotopic (exact) mass is 473 g/mol. The number of anilines is 1. The lowest BCUT2D eigenvalue weighted by Gasteiger charge is -2.48. The third-order valence-electron chi connectivity index (χ3n) is 7.19. The fourth-order valence-corrected chi connectivity index (χ4v) is 5.22. The van der Waals surface area contributed by atoms with Crippen molar-refractivity contribution >= 4 is 17.1 Å². The number of hydrogen-bond acceptors (Lipinski definition) is 7. The normalized spacial score (nSPS) is 19.9. The van der Waals surface area contributed by atoms with Gasteiger partial charge in [-0.05, 0) is 33.3 Å². The quantitative estimate of drug-likeness (QED) is 0.439. The Morgan fingerprint density at radius 1 is 1.23 bits per heavy atom. The van der Waals surface area contributed by atoms with Crippen molar-refractivity contribution < 1.29 is 0 Å². The van der Waals surface area contributed by atoms with Crippen molar-refractivity contribution in [1.29, 1.82) is 5.26 Å². The van der Waals surface area contributed by atoms with Crippen molar-refractivity contribution in [2.45, 2.75) is 58.7 Å². The first kappa shape index (κ1) is 23.1. The number of fused-ring (bicyclic) bond motifs is 2. The molecular formula is C25H31N9O. The summed E-state index contributed by atoms with van der Waals surface area (Å²) in [7, 11) is 1.74. The number of rotatable bonds is 5. The molecule has 4 aromatic heterocycles. The van der Waals surface area contributed by atoms with Gasteiger partial charge in [0.15, 0.2) is 5.65 Å². The molecule has 0 saturated carbocycles. The Bertz CT molecular complexity index is 1490. The highest BCUT2D eigenvalue weighted by Gasteiger charge is 2.35. The molecule has 0 N–H and O–H groups in total. The van der Waals surface area contributed by atoms with Crippen LogP contribution >= 0.6 is 0 Å². The molecule has 0 aromatic carbocycles. The van der Waals surface area contributed by atoms with Crippen LogP contribution in [0.15, 0.2) is 35.3 Å². The molecule has 3 atom stereocenters. The van der Waals surface area contributed by atoms with E-state index in [1.807, 2.05) is 34.3 Å². The summed E-state index contributed by atoms with van der Waals surface area (Å²) in [6.07, 6.45) is 3.16. The van der Waals surface area contributed by atoms with Crippen LogP contribution < -0.4 is 10.5 Å². The Kier molecular flexibility index (Phi) is 5.81. The molecule has 1 saturated heterocycles. The van der Waals surface area contributed by atoms with E-state index in [0.29, 0.717) is 11.3 Å². The van der Waals surface area contributed by atoms with Crippen molar-refractivity contribution in [2.75, 3.05) is 18.0 Å². The minimum absolute atomic E-state index is 0.0828. The summed E-state index contributed by atoms with van der Waals surface area (Å²) in [4.78, 5) is 22.5. The van der Waals surface area contributed by atoms with Crippen LogP contribution in [0.25, 0.3) is 11.3 Å². The molecule has 35 heavy (non-hydrogen) atoms. The maximum Gasteiger partial charge on any atom is 0.255 e. The highest BCUT2D eigenvalue weighted by molar-refractivity contribution is 5.52. The van der Waals surface area contributed by atoms with Crippen LogP contribution in [0.5, 0.6) is 0 Å². The second-order valence-corrected chi connectivity index (χ2v) is 9.52. The van der Waals surface area contributed by atoms with Gasteiger partial charge in [0.1, 0.15) is 11.5 Å². The average molecular weight is 474 g/mol. The molecular weight excluding hydrogens is 442 g/mol. The Balaban J connectivity index is 1.48. The third-order valence-corrected chi connectivity index (χ3v) is 7.19. The first-order valence-corrected chi connectivity index (χ1v) is 12.1. The predicted molar refractivity (Wildman–Crippen MR) is 133 cm³/mol. The van der Waals surface area contributed by atoms with E-state index < -0.39 is 0 Å². The van der Waals surface area contributed by atoms with Gasteiger partial charge in [-0.3, -0.25) is 14.3 Å². The van der Waals surface area contributed by atoms with E-state index in [1.54, 1.807) is 17.7 Å². The molecule has 1 aliphatic heterocycles. The van der Waals surface area contributed by atoms with E-state index in [9.17, 15) is 4.79 Å². The molecule has 0 amide bonds. The van der Waals surface area contributed by atoms with E-state index in [4.69, 9.17) is 10.2 Å². The fraction of sp³-hybridized carbons (Fsp3) is 0.480. The number of aryl methyl sites for hydroxylation is 2. The van der Waals surface area contributed by atoms with Gasteiger partial charge in [-0.1, -0.05) is 6.92 Å². The largest absolute Gasteiger partial charge is 0.351 e. The maximum atomic E-state index is 12.8. The van der Waals surface area contributed by atoms with Gasteiger partial charge in [0.25, 0.3) is 5.56 Å². The molecule has 5 heterocycles. The lowest BCUT2D eigenvalue weighted by Crippen LogP contribution is -2.58. The highest BCUT2D eigenvalue weighted by Crippen LogP contribution is 2.30. The Morgan fingerprint density at radius 3 is 2.77 bits per heavy atom. The van der Waals surface area contributed by atoms with Crippen molar-refractivity contribution in [3.8, 4) is 6.07 Å². The summed E-state index contributed by atoms with van der Waals surface area (Å²) in [6.45, 7) is 10.2. The molecule has 10 heteroatoms. The molecule has 10 nitrogen and oxygen atoms in total. The predicted octanol–water partition coefficient (Wildman–Crippen LogP) is 2.50. The first-order chi connectivity index (χ1) is 16.8. The topological polar surface area (TPSA) is 99.8 Å². The van der Waals surface area contributed by atoms with Gasteiger partial charge in [0.2, 0.25) is 0 Å². The second-order valence-electron chi connectivity index (χ2n) is 9.52. The number of aromatic nitrogens is 6. The van der Waals surface area contributed by atoms with Crippen LogP contribution in [0.4, 0.5) is 5.82 Å². The van der Waals surface area contributed by atoms with Gasteiger partial charge in [-0.15, -0.1) is 0 Å². The highest BCUT2D eigenvalue weighted by atomic mass is 16.1. The number of nitriles is 1. The summed E-state index contributed by atoms with van der Waals surface area (Å²) >= 11 is 0. The summed E-state index contributed by atoms with van der Waals surface area (Å²) in [6, 6.07) is 10.3. The Hall–Kier alpha value is -3.71. The molecule has 0 spiro atoms.